The highest BCUT2D eigenvalue weighted by atomic mass is 19.3. The van der Waals surface area contributed by atoms with Crippen LogP contribution >= 0.6 is 0 Å². The van der Waals surface area contributed by atoms with Crippen molar-refractivity contribution in [2.75, 3.05) is 11.1 Å². The second-order valence-corrected chi connectivity index (χ2v) is 3.00. The lowest BCUT2D eigenvalue weighted by molar-refractivity contribution is -0.163. The van der Waals surface area contributed by atoms with Gasteiger partial charge in [0, 0.05) is 11.4 Å². The zero-order chi connectivity index (χ0) is 12.3. The molecule has 0 saturated carbocycles. The number of anilines is 2. The Morgan fingerprint density at radius 2 is 2.00 bits per heavy atom. The number of amides is 1. The van der Waals surface area contributed by atoms with E-state index in [1.54, 1.807) is 5.32 Å². The smallest absolute Gasteiger partial charge is 0.383 e. The van der Waals surface area contributed by atoms with Crippen molar-refractivity contribution in [3.05, 3.63) is 24.3 Å². The Balaban J connectivity index is 2.79. The van der Waals surface area contributed by atoms with Gasteiger partial charge in [-0.05, 0) is 18.2 Å². The summed E-state index contributed by atoms with van der Waals surface area (Å²) in [6.45, 7) is 0. The highest BCUT2D eigenvalue weighted by molar-refractivity contribution is 5.96. The molecule has 0 aliphatic carbocycles. The zero-order valence-electron chi connectivity index (χ0n) is 7.88. The van der Waals surface area contributed by atoms with E-state index in [4.69, 9.17) is 5.73 Å². The Labute approximate surface area is 88.2 Å². The van der Waals surface area contributed by atoms with Crippen molar-refractivity contribution in [2.24, 2.45) is 0 Å². The normalized spacial score (nSPS) is 11.6. The average molecular weight is 236 g/mol. The minimum Gasteiger partial charge on any atom is -0.399 e. The molecule has 1 aromatic carbocycles. The minimum absolute atomic E-state index is 0.0645. The van der Waals surface area contributed by atoms with Crippen LogP contribution in [-0.2, 0) is 4.79 Å². The van der Waals surface area contributed by atoms with Crippen LogP contribution in [0.4, 0.5) is 28.9 Å². The van der Waals surface area contributed by atoms with Crippen LogP contribution < -0.4 is 11.1 Å². The van der Waals surface area contributed by atoms with E-state index in [0.29, 0.717) is 0 Å². The van der Waals surface area contributed by atoms with Crippen molar-refractivity contribution in [1.29, 1.82) is 0 Å². The maximum atomic E-state index is 12.5. The molecule has 1 amide bonds. The molecule has 3 nitrogen and oxygen atoms in total. The second-order valence-electron chi connectivity index (χ2n) is 3.00. The van der Waals surface area contributed by atoms with Crippen LogP contribution in [0.25, 0.3) is 0 Å². The van der Waals surface area contributed by atoms with Crippen molar-refractivity contribution in [1.82, 2.24) is 0 Å². The second kappa shape index (κ2) is 4.38. The molecule has 0 fully saturated rings. The average Bonchev–Trinajstić information content (AvgIpc) is 2.17. The monoisotopic (exact) mass is 236 g/mol. The molecule has 1 rings (SSSR count). The van der Waals surface area contributed by atoms with Gasteiger partial charge >= 0.3 is 18.3 Å². The first-order valence-electron chi connectivity index (χ1n) is 4.17. The Kier molecular flexibility index (Phi) is 3.36. The molecule has 0 radical (unpaired) electrons. The third kappa shape index (κ3) is 2.62. The van der Waals surface area contributed by atoms with Gasteiger partial charge in [-0.1, -0.05) is 6.07 Å². The minimum atomic E-state index is -4.72. The summed E-state index contributed by atoms with van der Waals surface area (Å²) in [5.41, 5.74) is 5.47. The van der Waals surface area contributed by atoms with Crippen molar-refractivity contribution < 1.29 is 22.4 Å². The molecule has 0 bridgehead atoms. The van der Waals surface area contributed by atoms with Crippen LogP contribution in [0.2, 0.25) is 0 Å². The Morgan fingerprint density at radius 1 is 1.38 bits per heavy atom. The van der Waals surface area contributed by atoms with Gasteiger partial charge in [-0.25, -0.2) is 8.78 Å². The molecule has 16 heavy (non-hydrogen) atoms. The van der Waals surface area contributed by atoms with Crippen molar-refractivity contribution in [3.8, 4) is 0 Å². The van der Waals surface area contributed by atoms with Crippen LogP contribution in [-0.4, -0.2) is 18.3 Å². The van der Waals surface area contributed by atoms with E-state index in [9.17, 15) is 22.4 Å². The number of hydrogen-bond donors (Lipinski definition) is 2. The first kappa shape index (κ1) is 12.3. The molecule has 0 aliphatic rings. The quantitative estimate of drug-likeness (QED) is 0.623. The molecule has 1 aromatic rings. The van der Waals surface area contributed by atoms with Gasteiger partial charge in [-0.3, -0.25) is 4.79 Å². The van der Waals surface area contributed by atoms with E-state index in [-0.39, 0.29) is 11.4 Å². The molecule has 0 saturated heterocycles. The van der Waals surface area contributed by atoms with Crippen LogP contribution in [0.1, 0.15) is 0 Å². The lowest BCUT2D eigenvalue weighted by Crippen LogP contribution is -2.40. The molecule has 88 valence electrons. The third-order valence-electron chi connectivity index (χ3n) is 1.72. The third-order valence-corrected chi connectivity index (χ3v) is 1.72. The lowest BCUT2D eigenvalue weighted by atomic mass is 10.2. The van der Waals surface area contributed by atoms with Gasteiger partial charge in [0.2, 0.25) is 0 Å². The number of benzene rings is 1. The summed E-state index contributed by atoms with van der Waals surface area (Å²) in [4.78, 5) is 10.8. The summed E-state index contributed by atoms with van der Waals surface area (Å²) in [7, 11) is 0. The maximum absolute atomic E-state index is 12.5. The van der Waals surface area contributed by atoms with Crippen LogP contribution in [0.3, 0.4) is 0 Å². The van der Waals surface area contributed by atoms with Gasteiger partial charge in [0.05, 0.1) is 0 Å². The number of nitrogens with two attached hydrogens (primary N) is 1. The van der Waals surface area contributed by atoms with Gasteiger partial charge in [0.1, 0.15) is 0 Å². The Morgan fingerprint density at radius 3 is 2.50 bits per heavy atom. The van der Waals surface area contributed by atoms with Crippen LogP contribution in [0.5, 0.6) is 0 Å². The number of alkyl halides is 4. The number of halogens is 4. The molecule has 0 atom stereocenters. The Bertz CT molecular complexity index is 395. The number of rotatable bonds is 3. The van der Waals surface area contributed by atoms with Crippen molar-refractivity contribution >= 4 is 17.3 Å². The topological polar surface area (TPSA) is 55.1 Å². The first-order chi connectivity index (χ1) is 7.34. The lowest BCUT2D eigenvalue weighted by Gasteiger charge is -2.14. The van der Waals surface area contributed by atoms with E-state index < -0.39 is 18.3 Å². The fraction of sp³-hybridized carbons (Fsp3) is 0.222. The van der Waals surface area contributed by atoms with Gasteiger partial charge in [0.25, 0.3) is 0 Å². The van der Waals surface area contributed by atoms with Crippen LogP contribution in [0, 0.1) is 0 Å². The summed E-state index contributed by atoms with van der Waals surface area (Å²) in [6, 6.07) is 5.29. The molecule has 0 heterocycles. The SMILES string of the molecule is Nc1cccc(NC(=O)C(F)(F)C(F)F)c1. The van der Waals surface area contributed by atoms with Gasteiger partial charge in [-0.15, -0.1) is 0 Å². The van der Waals surface area contributed by atoms with E-state index >= 15 is 0 Å². The van der Waals surface area contributed by atoms with E-state index in [2.05, 4.69) is 0 Å². The molecular formula is C9H8F4N2O. The predicted octanol–water partition coefficient (Wildman–Crippen LogP) is 2.11. The predicted molar refractivity (Wildman–Crippen MR) is 50.4 cm³/mol. The number of nitrogens with one attached hydrogen (secondary N) is 1. The zero-order valence-corrected chi connectivity index (χ0v) is 7.88. The number of carbonyl (C=O) groups excluding carboxylic acids is 1. The van der Waals surface area contributed by atoms with Crippen molar-refractivity contribution in [2.45, 2.75) is 12.3 Å². The van der Waals surface area contributed by atoms with Crippen LogP contribution in [0.15, 0.2) is 24.3 Å². The fourth-order valence-electron chi connectivity index (χ4n) is 0.930. The van der Waals surface area contributed by atoms with Gasteiger partial charge in [0.15, 0.2) is 0 Å². The van der Waals surface area contributed by atoms with Gasteiger partial charge < -0.3 is 11.1 Å². The molecule has 3 N–H and O–H groups in total. The standard InChI is InChI=1S/C9H8F4N2O/c10-7(11)9(12,13)8(16)15-6-3-1-2-5(14)4-6/h1-4,7H,14H2,(H,15,16). The van der Waals surface area contributed by atoms with E-state index in [1.165, 1.54) is 24.3 Å². The summed E-state index contributed by atoms with van der Waals surface area (Å²) in [6.07, 6.45) is -4.05. The van der Waals surface area contributed by atoms with Crippen molar-refractivity contribution in [3.63, 3.8) is 0 Å². The molecule has 7 heteroatoms. The maximum Gasteiger partial charge on any atom is 0.383 e. The molecular weight excluding hydrogens is 228 g/mol. The number of nitrogen functional groups attached to an aromatic ring is 1. The molecule has 0 unspecified atom stereocenters. The van der Waals surface area contributed by atoms with Gasteiger partial charge in [-0.2, -0.15) is 8.78 Å². The Hall–Kier alpha value is -1.79. The first-order valence-corrected chi connectivity index (χ1v) is 4.17. The fourth-order valence-corrected chi connectivity index (χ4v) is 0.930. The highest BCUT2D eigenvalue weighted by Crippen LogP contribution is 2.25. The number of carbonyl (C=O) groups is 1. The van der Waals surface area contributed by atoms with E-state index in [1.807, 2.05) is 0 Å². The summed E-state index contributed by atoms with van der Waals surface area (Å²) < 4.78 is 48.7. The summed E-state index contributed by atoms with van der Waals surface area (Å²) in [5.74, 6) is -6.78. The molecule has 0 spiro atoms. The largest absolute Gasteiger partial charge is 0.399 e. The highest BCUT2D eigenvalue weighted by Gasteiger charge is 2.48. The summed E-state index contributed by atoms with van der Waals surface area (Å²) in [5, 5.41) is 1.66. The molecule has 0 aromatic heterocycles. The molecule has 0 aliphatic heterocycles. The number of hydrogen-bond acceptors (Lipinski definition) is 2. The van der Waals surface area contributed by atoms with E-state index in [0.717, 1.165) is 0 Å². The summed E-state index contributed by atoms with van der Waals surface area (Å²) >= 11 is 0.